The van der Waals surface area contributed by atoms with E-state index in [1.165, 1.54) is 11.0 Å². The van der Waals surface area contributed by atoms with E-state index in [0.29, 0.717) is 10.7 Å². The summed E-state index contributed by atoms with van der Waals surface area (Å²) in [5.74, 6) is -0.882. The van der Waals surface area contributed by atoms with Gasteiger partial charge in [-0.3, -0.25) is 19.8 Å². The van der Waals surface area contributed by atoms with Crippen LogP contribution in [0.3, 0.4) is 0 Å². The molecule has 0 spiro atoms. The van der Waals surface area contributed by atoms with Gasteiger partial charge in [-0.2, -0.15) is 0 Å². The Hall–Kier alpha value is -1.94. The zero-order chi connectivity index (χ0) is 19.0. The van der Waals surface area contributed by atoms with Crippen LogP contribution in [-0.2, 0) is 4.79 Å². The summed E-state index contributed by atoms with van der Waals surface area (Å²) in [5, 5.41) is 23.7. The molecule has 1 aliphatic rings. The SMILES string of the molecule is O=C1/C(=C/c2cc([N+](=O)[O-])cc(Br)c2[O-])SC(=S)N1c1cccc(Cl)c1. The monoisotopic (exact) mass is 469 g/mol. The van der Waals surface area contributed by atoms with Gasteiger partial charge in [-0.1, -0.05) is 63.3 Å². The van der Waals surface area contributed by atoms with Crippen molar-refractivity contribution in [2.45, 2.75) is 0 Å². The quantitative estimate of drug-likeness (QED) is 0.284. The normalized spacial score (nSPS) is 15.8. The number of anilines is 1. The van der Waals surface area contributed by atoms with Crippen LogP contribution in [0.25, 0.3) is 6.08 Å². The summed E-state index contributed by atoms with van der Waals surface area (Å²) >= 11 is 15.2. The van der Waals surface area contributed by atoms with Gasteiger partial charge in [0.25, 0.3) is 11.6 Å². The predicted octanol–water partition coefficient (Wildman–Crippen LogP) is 4.49. The third-order valence-corrected chi connectivity index (χ3v) is 5.54. The minimum Gasteiger partial charge on any atom is -0.871 e. The van der Waals surface area contributed by atoms with Crippen molar-refractivity contribution in [1.82, 2.24) is 0 Å². The Morgan fingerprint density at radius 2 is 2.04 bits per heavy atom. The Morgan fingerprint density at radius 1 is 1.31 bits per heavy atom. The lowest BCUT2D eigenvalue weighted by Gasteiger charge is -2.15. The molecule has 1 fully saturated rings. The van der Waals surface area contributed by atoms with E-state index < -0.39 is 16.6 Å². The number of rotatable bonds is 3. The van der Waals surface area contributed by atoms with E-state index in [1.54, 1.807) is 24.3 Å². The van der Waals surface area contributed by atoms with Crippen molar-refractivity contribution in [3.05, 3.63) is 66.5 Å². The number of carbonyl (C=O) groups is 1. The van der Waals surface area contributed by atoms with Crippen molar-refractivity contribution in [3.8, 4) is 5.75 Å². The molecule has 0 bridgehead atoms. The Bertz CT molecular complexity index is 996. The minimum absolute atomic E-state index is 0.0256. The van der Waals surface area contributed by atoms with Gasteiger partial charge in [-0.25, -0.2) is 0 Å². The zero-order valence-corrected chi connectivity index (χ0v) is 16.6. The van der Waals surface area contributed by atoms with Crippen molar-refractivity contribution >= 4 is 79.2 Å². The molecule has 10 heteroatoms. The Morgan fingerprint density at radius 3 is 2.69 bits per heavy atom. The van der Waals surface area contributed by atoms with Crippen LogP contribution in [0, 0.1) is 10.1 Å². The molecule has 0 radical (unpaired) electrons. The van der Waals surface area contributed by atoms with E-state index in [0.717, 1.165) is 23.9 Å². The highest BCUT2D eigenvalue weighted by Crippen LogP contribution is 2.39. The molecule has 1 amide bonds. The second-order valence-corrected chi connectivity index (χ2v) is 8.07. The summed E-state index contributed by atoms with van der Waals surface area (Å²) in [5.41, 5.74) is 0.275. The number of nitrogens with zero attached hydrogens (tertiary/aromatic N) is 2. The predicted molar refractivity (Wildman–Crippen MR) is 107 cm³/mol. The summed E-state index contributed by atoms with van der Waals surface area (Å²) in [4.78, 5) is 24.6. The van der Waals surface area contributed by atoms with Crippen LogP contribution < -0.4 is 10.0 Å². The largest absolute Gasteiger partial charge is 0.871 e. The number of hydrogen-bond donors (Lipinski definition) is 0. The molecular formula is C16H7BrClN2O4S2-. The summed E-state index contributed by atoms with van der Waals surface area (Å²) in [6.07, 6.45) is 1.31. The molecule has 0 unspecified atom stereocenters. The number of non-ortho nitro benzene ring substituents is 1. The Balaban J connectivity index is 2.02. The highest BCUT2D eigenvalue weighted by Gasteiger charge is 2.33. The van der Waals surface area contributed by atoms with E-state index in [1.807, 2.05) is 0 Å². The van der Waals surface area contributed by atoms with Crippen molar-refractivity contribution < 1.29 is 14.8 Å². The first-order chi connectivity index (χ1) is 12.3. The second-order valence-electron chi connectivity index (χ2n) is 5.10. The molecule has 132 valence electrons. The topological polar surface area (TPSA) is 86.5 Å². The van der Waals surface area contributed by atoms with Gasteiger partial charge in [0.15, 0.2) is 4.32 Å². The minimum atomic E-state index is -0.612. The lowest BCUT2D eigenvalue weighted by Crippen LogP contribution is -2.27. The Kier molecular flexibility index (Phi) is 5.33. The number of hydrogen-bond acceptors (Lipinski definition) is 6. The van der Waals surface area contributed by atoms with Gasteiger partial charge >= 0.3 is 0 Å². The Labute approximate surface area is 170 Å². The van der Waals surface area contributed by atoms with Crippen LogP contribution in [0.2, 0.25) is 5.02 Å². The van der Waals surface area contributed by atoms with Gasteiger partial charge in [-0.05, 0) is 29.8 Å². The smallest absolute Gasteiger partial charge is 0.271 e. The van der Waals surface area contributed by atoms with Crippen LogP contribution in [-0.4, -0.2) is 15.2 Å². The molecule has 0 N–H and O–H groups in total. The summed E-state index contributed by atoms with van der Waals surface area (Å²) in [7, 11) is 0. The van der Waals surface area contributed by atoms with E-state index in [9.17, 15) is 20.0 Å². The van der Waals surface area contributed by atoms with Gasteiger partial charge in [0.05, 0.1) is 15.5 Å². The molecule has 1 heterocycles. The van der Waals surface area contributed by atoms with Crippen LogP contribution in [0.5, 0.6) is 5.75 Å². The molecule has 2 aromatic rings. The van der Waals surface area contributed by atoms with Crippen LogP contribution >= 0.6 is 51.5 Å². The number of carbonyl (C=O) groups excluding carboxylic acids is 1. The molecule has 26 heavy (non-hydrogen) atoms. The lowest BCUT2D eigenvalue weighted by molar-refractivity contribution is -0.385. The van der Waals surface area contributed by atoms with Gasteiger partial charge in [0, 0.05) is 21.6 Å². The number of thioether (sulfide) groups is 1. The third-order valence-electron chi connectivity index (χ3n) is 3.41. The van der Waals surface area contributed by atoms with Crippen molar-refractivity contribution in [2.24, 2.45) is 0 Å². The fraction of sp³-hybridized carbons (Fsp3) is 0. The summed E-state index contributed by atoms with van der Waals surface area (Å²) in [6.45, 7) is 0. The number of thiocarbonyl (C=S) groups is 1. The van der Waals surface area contributed by atoms with Gasteiger partial charge in [-0.15, -0.1) is 0 Å². The highest BCUT2D eigenvalue weighted by molar-refractivity contribution is 9.10. The maximum atomic E-state index is 12.7. The molecule has 0 atom stereocenters. The van der Waals surface area contributed by atoms with E-state index in [2.05, 4.69) is 15.9 Å². The van der Waals surface area contributed by atoms with Crippen LogP contribution in [0.15, 0.2) is 45.8 Å². The summed E-state index contributed by atoms with van der Waals surface area (Å²) < 4.78 is 0.323. The van der Waals surface area contributed by atoms with Gasteiger partial charge < -0.3 is 5.11 Å². The van der Waals surface area contributed by atoms with Crippen LogP contribution in [0.4, 0.5) is 11.4 Å². The van der Waals surface area contributed by atoms with E-state index >= 15 is 0 Å². The molecule has 1 aliphatic heterocycles. The summed E-state index contributed by atoms with van der Waals surface area (Å²) in [6, 6.07) is 8.88. The van der Waals surface area contributed by atoms with E-state index in [-0.39, 0.29) is 24.9 Å². The maximum absolute atomic E-state index is 12.7. The molecule has 0 aromatic heterocycles. The average molecular weight is 471 g/mol. The number of halogens is 2. The first kappa shape index (κ1) is 18.8. The lowest BCUT2D eigenvalue weighted by atomic mass is 10.1. The number of amides is 1. The van der Waals surface area contributed by atoms with Gasteiger partial charge in [0.2, 0.25) is 0 Å². The van der Waals surface area contributed by atoms with Crippen molar-refractivity contribution in [3.63, 3.8) is 0 Å². The number of benzene rings is 2. The van der Waals surface area contributed by atoms with Crippen molar-refractivity contribution in [2.75, 3.05) is 4.90 Å². The highest BCUT2D eigenvalue weighted by atomic mass is 79.9. The third kappa shape index (κ3) is 3.61. The molecule has 3 rings (SSSR count). The molecule has 0 saturated carbocycles. The van der Waals surface area contributed by atoms with Crippen molar-refractivity contribution in [1.29, 1.82) is 0 Å². The molecule has 1 saturated heterocycles. The fourth-order valence-electron chi connectivity index (χ4n) is 2.26. The molecular weight excluding hydrogens is 464 g/mol. The van der Waals surface area contributed by atoms with E-state index in [4.69, 9.17) is 23.8 Å². The molecule has 0 aliphatic carbocycles. The second kappa shape index (κ2) is 7.36. The standard InChI is InChI=1S/C16H8BrClN2O4S2/c17-12-7-11(20(23)24)4-8(14(12)21)5-13-15(22)19(16(25)26-13)10-3-1-2-9(18)6-10/h1-7,21H/p-1/b13-5-. The fourth-order valence-corrected chi connectivity index (χ4v) is 4.20. The first-order valence-electron chi connectivity index (χ1n) is 6.96. The number of nitro groups is 1. The number of nitro benzene ring substituents is 1. The molecule has 6 nitrogen and oxygen atoms in total. The van der Waals surface area contributed by atoms with Crippen LogP contribution in [0.1, 0.15) is 5.56 Å². The zero-order valence-electron chi connectivity index (χ0n) is 12.6. The maximum Gasteiger partial charge on any atom is 0.271 e. The average Bonchev–Trinajstić information content (AvgIpc) is 2.85. The van der Waals surface area contributed by atoms with Gasteiger partial charge in [0.1, 0.15) is 0 Å². The first-order valence-corrected chi connectivity index (χ1v) is 9.36. The molecule has 2 aromatic carbocycles.